The summed E-state index contributed by atoms with van der Waals surface area (Å²) in [6.07, 6.45) is 0. The van der Waals surface area contributed by atoms with Crippen LogP contribution in [0.4, 0.5) is 0 Å². The summed E-state index contributed by atoms with van der Waals surface area (Å²) < 4.78 is 13.4. The third-order valence-corrected chi connectivity index (χ3v) is 12.1. The van der Waals surface area contributed by atoms with Gasteiger partial charge in [0.25, 0.3) is 0 Å². The van der Waals surface area contributed by atoms with Crippen molar-refractivity contribution in [2.75, 3.05) is 0 Å². The molecule has 0 fully saturated rings. The molecule has 0 aliphatic rings. The van der Waals surface area contributed by atoms with Crippen LogP contribution in [-0.4, -0.2) is 28.7 Å². The third kappa shape index (κ3) is 5.15. The summed E-state index contributed by atoms with van der Waals surface area (Å²) in [4.78, 5) is 16.3. The number of fused-ring (bicyclic) bond motifs is 10. The highest BCUT2D eigenvalue weighted by Gasteiger charge is 2.27. The lowest BCUT2D eigenvalue weighted by Crippen LogP contribution is -2.10. The highest BCUT2D eigenvalue weighted by atomic mass is 16.3. The molecule has 0 aliphatic heterocycles. The minimum absolute atomic E-state index is 0.499. The molecule has 0 saturated heterocycles. The summed E-state index contributed by atoms with van der Waals surface area (Å²) in [7, 11) is 0. The zero-order valence-electron chi connectivity index (χ0n) is 33.2. The van der Waals surface area contributed by atoms with E-state index in [2.05, 4.69) is 177 Å². The number of rotatable bonds is 6. The lowest BCUT2D eigenvalue weighted by molar-refractivity contribution is 0.672. The Kier molecular flexibility index (Phi) is 7.47. The van der Waals surface area contributed by atoms with Crippen LogP contribution in [0.3, 0.4) is 0 Å². The van der Waals surface area contributed by atoms with Crippen LogP contribution in [-0.2, 0) is 0 Å². The van der Waals surface area contributed by atoms with Crippen molar-refractivity contribution in [3.8, 4) is 51.2 Å². The monoisotopic (exact) mass is 794 g/mol. The molecule has 290 valence electrons. The molecule has 13 rings (SSSR count). The van der Waals surface area contributed by atoms with Gasteiger partial charge in [-0.1, -0.05) is 158 Å². The van der Waals surface area contributed by atoms with Gasteiger partial charge >= 0.3 is 0 Å². The molecule has 8 aromatic carbocycles. The second-order valence-corrected chi connectivity index (χ2v) is 15.7. The fraction of sp³-hybridized carbons (Fsp3) is 0. The molecular weight excluding hydrogens is 761 g/mol. The molecule has 0 bridgehead atoms. The van der Waals surface area contributed by atoms with Crippen LogP contribution in [0.2, 0.25) is 0 Å². The molecule has 13 aromatic rings. The fourth-order valence-corrected chi connectivity index (χ4v) is 9.35. The van der Waals surface area contributed by atoms with E-state index in [1.54, 1.807) is 0 Å². The summed E-state index contributed by atoms with van der Waals surface area (Å²) in [5.74, 6) is 1.58. The number of aromatic nitrogens is 6. The van der Waals surface area contributed by atoms with Crippen LogP contribution < -0.4 is 0 Å². The topological polar surface area (TPSA) is 66.6 Å². The van der Waals surface area contributed by atoms with E-state index < -0.39 is 0 Å². The van der Waals surface area contributed by atoms with Gasteiger partial charge in [0, 0.05) is 32.8 Å². The van der Waals surface area contributed by atoms with Gasteiger partial charge in [-0.2, -0.15) is 15.0 Å². The van der Waals surface area contributed by atoms with Gasteiger partial charge in [0.15, 0.2) is 11.4 Å². The number of furan rings is 1. The van der Waals surface area contributed by atoms with E-state index in [1.807, 2.05) is 42.5 Å². The SMILES string of the molecule is c1ccc(-c2ccc3c(c2)n(-c2ccccc2)c2c4ccc(-c5ccccc5)cc4n(-c4nc(-c5ccccc5)nc(-n5c6ccccc6c6oc7ccccc7c65)n4)c32)cc1. The van der Waals surface area contributed by atoms with Crippen molar-refractivity contribution >= 4 is 65.8 Å². The van der Waals surface area contributed by atoms with E-state index in [9.17, 15) is 0 Å². The standard InChI is InChI=1S/C55H34N6O/c1-5-17-35(18-6-1)38-29-31-41-46(33-38)59(40-23-11-4-12-24-40)49-42-32-30-39(36-19-7-2-8-20-36)34-47(42)61(50(41)49)55-57-53(37-21-9-3-10-22-37)56-54(58-55)60-45-27-15-13-25-43(45)52-51(60)44-26-14-16-28-48(44)62-52/h1-34H. The summed E-state index contributed by atoms with van der Waals surface area (Å²) in [5.41, 5.74) is 14.1. The first-order valence-corrected chi connectivity index (χ1v) is 20.8. The van der Waals surface area contributed by atoms with Gasteiger partial charge in [-0.05, 0) is 70.8 Å². The first-order chi connectivity index (χ1) is 30.8. The van der Waals surface area contributed by atoms with Crippen molar-refractivity contribution in [3.05, 3.63) is 206 Å². The van der Waals surface area contributed by atoms with Crippen molar-refractivity contribution in [3.63, 3.8) is 0 Å². The first-order valence-electron chi connectivity index (χ1n) is 20.8. The van der Waals surface area contributed by atoms with Crippen LogP contribution in [0.5, 0.6) is 0 Å². The number of para-hydroxylation sites is 3. The number of nitrogens with zero attached hydrogens (tertiary/aromatic N) is 6. The molecule has 7 heteroatoms. The van der Waals surface area contributed by atoms with Gasteiger partial charge in [0.2, 0.25) is 11.9 Å². The van der Waals surface area contributed by atoms with Crippen molar-refractivity contribution in [1.29, 1.82) is 0 Å². The Labute approximate surface area is 355 Å². The molecule has 62 heavy (non-hydrogen) atoms. The molecule has 0 unspecified atom stereocenters. The van der Waals surface area contributed by atoms with Crippen LogP contribution in [0, 0.1) is 0 Å². The predicted octanol–water partition coefficient (Wildman–Crippen LogP) is 13.8. The Morgan fingerprint density at radius 2 is 0.806 bits per heavy atom. The molecule has 0 amide bonds. The second-order valence-electron chi connectivity index (χ2n) is 15.7. The van der Waals surface area contributed by atoms with E-state index in [-0.39, 0.29) is 0 Å². The van der Waals surface area contributed by atoms with Gasteiger partial charge in [0.05, 0.1) is 27.6 Å². The van der Waals surface area contributed by atoms with Crippen LogP contribution >= 0.6 is 0 Å². The van der Waals surface area contributed by atoms with E-state index >= 15 is 0 Å². The van der Waals surface area contributed by atoms with Crippen LogP contribution in [0.25, 0.3) is 117 Å². The lowest BCUT2D eigenvalue weighted by atomic mass is 10.0. The highest BCUT2D eigenvalue weighted by molar-refractivity contribution is 6.21. The summed E-state index contributed by atoms with van der Waals surface area (Å²) in [5, 5.41) is 4.14. The number of benzene rings is 8. The van der Waals surface area contributed by atoms with Gasteiger partial charge in [-0.25, -0.2) is 0 Å². The molecule has 0 aliphatic carbocycles. The maximum atomic E-state index is 6.59. The van der Waals surface area contributed by atoms with E-state index in [0.717, 1.165) is 99.3 Å². The molecular formula is C55H34N6O. The van der Waals surface area contributed by atoms with Crippen molar-refractivity contribution in [1.82, 2.24) is 28.7 Å². The largest absolute Gasteiger partial charge is 0.454 e. The lowest BCUT2D eigenvalue weighted by Gasteiger charge is -2.13. The zero-order valence-corrected chi connectivity index (χ0v) is 33.2. The summed E-state index contributed by atoms with van der Waals surface area (Å²) in [6.45, 7) is 0. The van der Waals surface area contributed by atoms with E-state index in [4.69, 9.17) is 19.4 Å². The Morgan fingerprint density at radius 1 is 0.323 bits per heavy atom. The highest BCUT2D eigenvalue weighted by Crippen LogP contribution is 2.44. The fourth-order valence-electron chi connectivity index (χ4n) is 9.35. The van der Waals surface area contributed by atoms with Gasteiger partial charge in [-0.15, -0.1) is 0 Å². The predicted molar refractivity (Wildman–Crippen MR) is 251 cm³/mol. The molecule has 0 radical (unpaired) electrons. The Hall–Kier alpha value is -8.55. The molecule has 5 aromatic heterocycles. The quantitative estimate of drug-likeness (QED) is 0.168. The number of hydrogen-bond acceptors (Lipinski definition) is 4. The minimum Gasteiger partial charge on any atom is -0.454 e. The average Bonchev–Trinajstić information content (AvgIpc) is 4.08. The maximum absolute atomic E-state index is 6.59. The minimum atomic E-state index is 0.499. The van der Waals surface area contributed by atoms with Crippen molar-refractivity contribution in [2.45, 2.75) is 0 Å². The summed E-state index contributed by atoms with van der Waals surface area (Å²) >= 11 is 0. The van der Waals surface area contributed by atoms with Crippen LogP contribution in [0.15, 0.2) is 211 Å². The normalized spacial score (nSPS) is 11.9. The van der Waals surface area contributed by atoms with Crippen molar-refractivity contribution < 1.29 is 4.42 Å². The third-order valence-electron chi connectivity index (χ3n) is 12.1. The molecule has 0 spiro atoms. The molecule has 7 nitrogen and oxygen atoms in total. The smallest absolute Gasteiger partial charge is 0.240 e. The number of hydrogen-bond donors (Lipinski definition) is 0. The maximum Gasteiger partial charge on any atom is 0.240 e. The Balaban J connectivity index is 1.20. The molecule has 5 heterocycles. The average molecular weight is 795 g/mol. The van der Waals surface area contributed by atoms with Crippen molar-refractivity contribution in [2.24, 2.45) is 0 Å². The zero-order chi connectivity index (χ0) is 40.7. The Bertz CT molecular complexity index is 3830. The van der Waals surface area contributed by atoms with Gasteiger partial charge in [0.1, 0.15) is 11.1 Å². The van der Waals surface area contributed by atoms with Gasteiger partial charge in [-0.3, -0.25) is 9.13 Å². The summed E-state index contributed by atoms with van der Waals surface area (Å²) in [6, 6.07) is 72.0. The first kappa shape index (κ1) is 34.3. The second kappa shape index (κ2) is 13.5. The van der Waals surface area contributed by atoms with E-state index in [1.165, 1.54) is 0 Å². The molecule has 0 saturated carbocycles. The van der Waals surface area contributed by atoms with Crippen LogP contribution in [0.1, 0.15) is 0 Å². The van der Waals surface area contributed by atoms with E-state index in [0.29, 0.717) is 17.7 Å². The molecule has 0 N–H and O–H groups in total. The molecule has 0 atom stereocenters. The van der Waals surface area contributed by atoms with Gasteiger partial charge < -0.3 is 8.98 Å². The Morgan fingerprint density at radius 3 is 1.44 bits per heavy atom.